The van der Waals surface area contributed by atoms with Crippen LogP contribution in [0.25, 0.3) is 0 Å². The van der Waals surface area contributed by atoms with Crippen LogP contribution in [-0.2, 0) is 4.79 Å². The van der Waals surface area contributed by atoms with Crippen LogP contribution in [0.2, 0.25) is 0 Å². The number of hydrogen-bond acceptors (Lipinski definition) is 5. The van der Waals surface area contributed by atoms with Crippen molar-refractivity contribution in [2.24, 2.45) is 5.73 Å². The third-order valence-corrected chi connectivity index (χ3v) is 4.08. The third-order valence-electron chi connectivity index (χ3n) is 3.05. The highest BCUT2D eigenvalue weighted by Crippen LogP contribution is 2.30. The molecule has 0 spiro atoms. The summed E-state index contributed by atoms with van der Waals surface area (Å²) >= 11 is 1.59. The molecule has 1 aliphatic heterocycles. The van der Waals surface area contributed by atoms with Gasteiger partial charge in [-0.05, 0) is 20.0 Å². The average molecular weight is 255 g/mol. The van der Waals surface area contributed by atoms with E-state index in [0.717, 1.165) is 24.5 Å². The zero-order valence-electron chi connectivity index (χ0n) is 9.80. The zero-order valence-corrected chi connectivity index (χ0v) is 10.6. The Kier molecular flexibility index (Phi) is 3.76. The third kappa shape index (κ3) is 3.02. The van der Waals surface area contributed by atoms with Crippen LogP contribution >= 0.6 is 11.3 Å². The maximum atomic E-state index is 10.6. The van der Waals surface area contributed by atoms with Crippen molar-refractivity contribution in [2.75, 3.05) is 20.1 Å². The zero-order chi connectivity index (χ0) is 12.4. The quantitative estimate of drug-likeness (QED) is 0.840. The molecule has 5 nitrogen and oxygen atoms in total. The van der Waals surface area contributed by atoms with Crippen molar-refractivity contribution in [1.29, 1.82) is 0 Å². The van der Waals surface area contributed by atoms with Gasteiger partial charge in [0, 0.05) is 17.8 Å². The molecule has 1 aromatic heterocycles. The lowest BCUT2D eigenvalue weighted by molar-refractivity contribution is -0.137. The van der Waals surface area contributed by atoms with Gasteiger partial charge in [-0.2, -0.15) is 0 Å². The van der Waals surface area contributed by atoms with Crippen molar-refractivity contribution in [3.05, 3.63) is 16.1 Å². The van der Waals surface area contributed by atoms with E-state index in [1.54, 1.807) is 11.3 Å². The number of likely N-dealkylation sites (N-methyl/N-ethyl adjacent to an activating group) is 1. The van der Waals surface area contributed by atoms with E-state index in [1.807, 2.05) is 5.38 Å². The fraction of sp³-hybridized carbons (Fsp3) is 0.636. The number of rotatable bonds is 4. The number of carboxylic acids is 1. The van der Waals surface area contributed by atoms with Gasteiger partial charge in [-0.3, -0.25) is 4.79 Å². The van der Waals surface area contributed by atoms with Crippen molar-refractivity contribution in [1.82, 2.24) is 9.88 Å². The van der Waals surface area contributed by atoms with Gasteiger partial charge in [0.05, 0.1) is 23.2 Å². The molecule has 1 aliphatic rings. The van der Waals surface area contributed by atoms with E-state index in [4.69, 9.17) is 10.8 Å². The lowest BCUT2D eigenvalue weighted by Gasteiger charge is -2.07. The number of thiazole rings is 1. The normalized spacial score (nSPS) is 22.8. The minimum atomic E-state index is -0.882. The molecule has 94 valence electrons. The van der Waals surface area contributed by atoms with Crippen molar-refractivity contribution in [3.63, 3.8) is 0 Å². The summed E-state index contributed by atoms with van der Waals surface area (Å²) in [5, 5.41) is 11.7. The summed E-state index contributed by atoms with van der Waals surface area (Å²) < 4.78 is 0. The molecule has 6 heteroatoms. The molecule has 1 aromatic rings. The summed E-state index contributed by atoms with van der Waals surface area (Å²) in [5.74, 6) is -0.400. The van der Waals surface area contributed by atoms with Gasteiger partial charge < -0.3 is 15.7 Å². The first-order valence-electron chi connectivity index (χ1n) is 5.67. The van der Waals surface area contributed by atoms with Gasteiger partial charge in [0.1, 0.15) is 0 Å². The van der Waals surface area contributed by atoms with Crippen LogP contribution in [0.15, 0.2) is 5.38 Å². The van der Waals surface area contributed by atoms with Gasteiger partial charge in [0.15, 0.2) is 0 Å². The molecule has 0 bridgehead atoms. The molecule has 1 fully saturated rings. The molecule has 2 rings (SSSR count). The van der Waals surface area contributed by atoms with Crippen molar-refractivity contribution >= 4 is 17.3 Å². The number of likely N-dealkylation sites (tertiary alicyclic amines) is 1. The minimum absolute atomic E-state index is 0.0618. The Morgan fingerprint density at radius 1 is 1.82 bits per heavy atom. The van der Waals surface area contributed by atoms with Crippen LogP contribution in [0.1, 0.15) is 35.5 Å². The van der Waals surface area contributed by atoms with Crippen LogP contribution < -0.4 is 5.73 Å². The standard InChI is InChI=1S/C11H17N3O2S/c1-14-3-2-7(5-14)11-13-9(6-17-11)8(12)4-10(15)16/h6-8H,2-5,12H2,1H3,(H,15,16). The van der Waals surface area contributed by atoms with E-state index < -0.39 is 12.0 Å². The number of nitrogens with two attached hydrogens (primary N) is 1. The highest BCUT2D eigenvalue weighted by atomic mass is 32.1. The van der Waals surface area contributed by atoms with Gasteiger partial charge in [0.2, 0.25) is 0 Å². The smallest absolute Gasteiger partial charge is 0.305 e. The number of aromatic nitrogens is 1. The molecule has 0 radical (unpaired) electrons. The van der Waals surface area contributed by atoms with E-state index in [0.29, 0.717) is 11.6 Å². The molecule has 0 aromatic carbocycles. The molecule has 0 aliphatic carbocycles. The van der Waals surface area contributed by atoms with Crippen LogP contribution in [-0.4, -0.2) is 41.1 Å². The molecule has 0 saturated carbocycles. The van der Waals surface area contributed by atoms with E-state index in [2.05, 4.69) is 16.9 Å². The minimum Gasteiger partial charge on any atom is -0.481 e. The van der Waals surface area contributed by atoms with Gasteiger partial charge in [0.25, 0.3) is 0 Å². The van der Waals surface area contributed by atoms with E-state index in [9.17, 15) is 4.79 Å². The summed E-state index contributed by atoms with van der Waals surface area (Å²) in [6.07, 6.45) is 1.06. The topological polar surface area (TPSA) is 79.5 Å². The van der Waals surface area contributed by atoms with Crippen molar-refractivity contribution < 1.29 is 9.90 Å². The van der Waals surface area contributed by atoms with Gasteiger partial charge in [-0.15, -0.1) is 11.3 Å². The number of aliphatic carboxylic acids is 1. The summed E-state index contributed by atoms with van der Waals surface area (Å²) in [6.45, 7) is 2.13. The fourth-order valence-electron chi connectivity index (χ4n) is 2.09. The highest BCUT2D eigenvalue weighted by Gasteiger charge is 2.24. The van der Waals surface area contributed by atoms with Crippen molar-refractivity contribution in [2.45, 2.75) is 24.8 Å². The Labute approximate surface area is 104 Å². The highest BCUT2D eigenvalue weighted by molar-refractivity contribution is 7.09. The van der Waals surface area contributed by atoms with Gasteiger partial charge >= 0.3 is 5.97 Å². The van der Waals surface area contributed by atoms with Gasteiger partial charge in [-0.25, -0.2) is 4.98 Å². The molecule has 17 heavy (non-hydrogen) atoms. The molecule has 0 amide bonds. The predicted octanol–water partition coefficient (Wildman–Crippen LogP) is 1.04. The predicted molar refractivity (Wildman–Crippen MR) is 66.2 cm³/mol. The first kappa shape index (κ1) is 12.5. The second kappa shape index (κ2) is 5.12. The number of nitrogens with zero attached hydrogens (tertiary/aromatic N) is 2. The van der Waals surface area contributed by atoms with E-state index >= 15 is 0 Å². The number of carbonyl (C=O) groups is 1. The first-order chi connectivity index (χ1) is 8.06. The van der Waals surface area contributed by atoms with Crippen LogP contribution in [0.3, 0.4) is 0 Å². The summed E-state index contributed by atoms with van der Waals surface area (Å²) in [5.41, 5.74) is 6.50. The van der Waals surface area contributed by atoms with E-state index in [-0.39, 0.29) is 6.42 Å². The molecule has 1 saturated heterocycles. The molecular weight excluding hydrogens is 238 g/mol. The average Bonchev–Trinajstić information content (AvgIpc) is 2.84. The SMILES string of the molecule is CN1CCC(c2nc(C(N)CC(=O)O)cs2)C1. The van der Waals surface area contributed by atoms with Crippen LogP contribution in [0.4, 0.5) is 0 Å². The summed E-state index contributed by atoms with van der Waals surface area (Å²) in [6, 6.07) is -0.489. The Bertz CT molecular complexity index is 407. The van der Waals surface area contributed by atoms with Crippen molar-refractivity contribution in [3.8, 4) is 0 Å². The Balaban J connectivity index is 2.02. The molecule has 2 heterocycles. The second-order valence-electron chi connectivity index (χ2n) is 4.56. The van der Waals surface area contributed by atoms with E-state index in [1.165, 1.54) is 0 Å². The number of carboxylic acid groups (broad SMARTS) is 1. The monoisotopic (exact) mass is 255 g/mol. The maximum Gasteiger partial charge on any atom is 0.305 e. The second-order valence-corrected chi connectivity index (χ2v) is 5.45. The number of hydrogen-bond donors (Lipinski definition) is 2. The Morgan fingerprint density at radius 3 is 3.18 bits per heavy atom. The van der Waals surface area contributed by atoms with Crippen LogP contribution in [0, 0.1) is 0 Å². The fourth-order valence-corrected chi connectivity index (χ4v) is 3.10. The van der Waals surface area contributed by atoms with Gasteiger partial charge in [-0.1, -0.05) is 0 Å². The molecule has 3 N–H and O–H groups in total. The Hall–Kier alpha value is -0.980. The molecular formula is C11H17N3O2S. The molecule has 2 unspecified atom stereocenters. The van der Waals surface area contributed by atoms with Crippen LogP contribution in [0.5, 0.6) is 0 Å². The molecule has 2 atom stereocenters. The first-order valence-corrected chi connectivity index (χ1v) is 6.55. The summed E-state index contributed by atoms with van der Waals surface area (Å²) in [7, 11) is 2.10. The maximum absolute atomic E-state index is 10.6. The summed E-state index contributed by atoms with van der Waals surface area (Å²) in [4.78, 5) is 17.3. The Morgan fingerprint density at radius 2 is 2.59 bits per heavy atom. The largest absolute Gasteiger partial charge is 0.481 e. The lowest BCUT2D eigenvalue weighted by Crippen LogP contribution is -2.16. The lowest BCUT2D eigenvalue weighted by atomic mass is 10.1.